The van der Waals surface area contributed by atoms with E-state index in [1.807, 2.05) is 13.0 Å². The van der Waals surface area contributed by atoms with Crippen LogP contribution in [0.25, 0.3) is 0 Å². The molecule has 11 nitrogen and oxygen atoms in total. The largest absolute Gasteiger partial charge is 0.457 e. The van der Waals surface area contributed by atoms with E-state index in [0.29, 0.717) is 42.6 Å². The zero-order valence-corrected chi connectivity index (χ0v) is 24.5. The summed E-state index contributed by atoms with van der Waals surface area (Å²) in [5, 5.41) is 0.406. The first-order valence-electron chi connectivity index (χ1n) is 15.0. The number of imide groups is 1. The Bertz CT molecular complexity index is 1250. The molecule has 11 heteroatoms. The molecule has 0 aromatic heterocycles. The zero-order valence-electron chi connectivity index (χ0n) is 24.5. The Morgan fingerprint density at radius 1 is 0.857 bits per heavy atom. The van der Waals surface area contributed by atoms with Crippen LogP contribution in [0, 0.1) is 28.6 Å². The number of ketones is 2. The maximum absolute atomic E-state index is 13.8. The second-order valence-electron chi connectivity index (χ2n) is 13.0. The Morgan fingerprint density at radius 3 is 2.21 bits per heavy atom. The van der Waals surface area contributed by atoms with E-state index in [-0.39, 0.29) is 30.0 Å². The highest BCUT2D eigenvalue weighted by Gasteiger charge is 2.68. The Balaban J connectivity index is 1.24. The molecule has 0 radical (unpaired) electrons. The molecule has 5 aliphatic rings. The average molecular weight is 586 g/mol. The quantitative estimate of drug-likeness (QED) is 0.306. The maximum Gasteiger partial charge on any atom is 0.333 e. The Labute approximate surface area is 244 Å². The van der Waals surface area contributed by atoms with E-state index in [4.69, 9.17) is 14.3 Å². The molecule has 228 valence electrons. The molecule has 0 aromatic rings. The van der Waals surface area contributed by atoms with Crippen molar-refractivity contribution in [3.05, 3.63) is 11.6 Å². The van der Waals surface area contributed by atoms with Crippen LogP contribution in [0.5, 0.6) is 0 Å². The van der Waals surface area contributed by atoms with Crippen LogP contribution in [-0.4, -0.2) is 58.6 Å². The number of esters is 2. The van der Waals surface area contributed by atoms with Gasteiger partial charge in [-0.3, -0.25) is 28.8 Å². The number of hydrogen-bond donors (Lipinski definition) is 0. The molecule has 5 rings (SSSR count). The van der Waals surface area contributed by atoms with Crippen LogP contribution in [-0.2, 0) is 47.9 Å². The number of hydroxylamine groups is 2. The van der Waals surface area contributed by atoms with Gasteiger partial charge in [0, 0.05) is 31.6 Å². The van der Waals surface area contributed by atoms with Gasteiger partial charge in [0.1, 0.15) is 0 Å². The molecule has 2 amide bonds. The van der Waals surface area contributed by atoms with Gasteiger partial charge in [-0.15, -0.1) is 5.06 Å². The summed E-state index contributed by atoms with van der Waals surface area (Å²) in [4.78, 5) is 90.8. The minimum absolute atomic E-state index is 0.0408. The van der Waals surface area contributed by atoms with Gasteiger partial charge in [-0.25, -0.2) is 4.79 Å². The molecule has 1 saturated heterocycles. The first-order valence-corrected chi connectivity index (χ1v) is 15.0. The number of rotatable bonds is 8. The highest BCUT2D eigenvalue weighted by atomic mass is 16.7. The minimum Gasteiger partial charge on any atom is -0.457 e. The van der Waals surface area contributed by atoms with Gasteiger partial charge in [0.25, 0.3) is 11.8 Å². The van der Waals surface area contributed by atoms with Crippen molar-refractivity contribution in [2.75, 3.05) is 6.61 Å². The molecule has 1 aliphatic heterocycles. The number of nitrogens with zero attached hydrogens (tertiary/aromatic N) is 1. The second-order valence-corrected chi connectivity index (χ2v) is 13.0. The van der Waals surface area contributed by atoms with Crippen molar-refractivity contribution in [2.45, 2.75) is 103 Å². The molecular formula is C31H39NO10. The molecule has 4 fully saturated rings. The van der Waals surface area contributed by atoms with E-state index < -0.39 is 66.0 Å². The first kappa shape index (κ1) is 30.1. The SMILES string of the molecule is CC(=O)O[C@]1(C(=O)COC(=O)CCC(=O)ON2C(=O)CCC2=O)CC[C@@H]2[C@@H]3CCC4=CC(=O)CC[C@]4(C)[C@H]3CC[C@@]21C. The number of carbonyl (C=O) groups is 7. The van der Waals surface area contributed by atoms with Crippen molar-refractivity contribution in [1.29, 1.82) is 0 Å². The van der Waals surface area contributed by atoms with Gasteiger partial charge < -0.3 is 14.3 Å². The molecule has 0 bridgehead atoms. The third kappa shape index (κ3) is 4.98. The van der Waals surface area contributed by atoms with Crippen LogP contribution in [0.15, 0.2) is 11.6 Å². The summed E-state index contributed by atoms with van der Waals surface area (Å²) < 4.78 is 11.1. The van der Waals surface area contributed by atoms with E-state index in [0.717, 1.165) is 25.7 Å². The third-order valence-electron chi connectivity index (χ3n) is 10.9. The number of fused-ring (bicyclic) bond motifs is 5. The van der Waals surface area contributed by atoms with Crippen molar-refractivity contribution in [2.24, 2.45) is 28.6 Å². The number of amides is 2. The van der Waals surface area contributed by atoms with Gasteiger partial charge in [-0.1, -0.05) is 19.4 Å². The molecule has 6 atom stereocenters. The number of ether oxygens (including phenoxy) is 2. The molecule has 4 aliphatic carbocycles. The molecule has 0 N–H and O–H groups in total. The molecular weight excluding hydrogens is 546 g/mol. The summed E-state index contributed by atoms with van der Waals surface area (Å²) in [5.41, 5.74) is -0.854. The van der Waals surface area contributed by atoms with Crippen LogP contribution in [0.1, 0.15) is 97.8 Å². The molecule has 42 heavy (non-hydrogen) atoms. The Morgan fingerprint density at radius 2 is 1.52 bits per heavy atom. The average Bonchev–Trinajstić information content (AvgIpc) is 3.41. The fourth-order valence-corrected chi connectivity index (χ4v) is 8.83. The van der Waals surface area contributed by atoms with Gasteiger partial charge in [0.05, 0.1) is 12.8 Å². The third-order valence-corrected chi connectivity index (χ3v) is 10.9. The van der Waals surface area contributed by atoms with Crippen LogP contribution >= 0.6 is 0 Å². The molecule has 0 aromatic carbocycles. The van der Waals surface area contributed by atoms with Crippen molar-refractivity contribution in [3.63, 3.8) is 0 Å². The van der Waals surface area contributed by atoms with Crippen molar-refractivity contribution in [1.82, 2.24) is 5.06 Å². The van der Waals surface area contributed by atoms with E-state index in [1.54, 1.807) is 0 Å². The monoisotopic (exact) mass is 585 g/mol. The molecule has 0 unspecified atom stereocenters. The van der Waals surface area contributed by atoms with Gasteiger partial charge in [-0.2, -0.15) is 0 Å². The predicted molar refractivity (Wildman–Crippen MR) is 144 cm³/mol. The normalized spacial score (nSPS) is 35.5. The van der Waals surface area contributed by atoms with Gasteiger partial charge in [0.15, 0.2) is 18.0 Å². The van der Waals surface area contributed by atoms with Crippen molar-refractivity contribution < 1.29 is 47.9 Å². The standard InChI is InChI=1S/C31H39NO10/c1-18(33)41-31(24(35)17-40-27(38)8-9-28(39)42-32-25(36)6-7-26(32)37)15-12-23-21-5-4-19-16-20(34)10-13-29(19,2)22(21)11-14-30(23,31)3/h16,21-23H,4-15,17H2,1-3H3/t21-,22+,23-,29+,30+,31+/m1/s1. The molecule has 1 heterocycles. The highest BCUT2D eigenvalue weighted by Crippen LogP contribution is 2.68. The summed E-state index contributed by atoms with van der Waals surface area (Å²) in [7, 11) is 0. The lowest BCUT2D eigenvalue weighted by molar-refractivity contribution is -0.197. The van der Waals surface area contributed by atoms with Crippen LogP contribution in [0.4, 0.5) is 0 Å². The van der Waals surface area contributed by atoms with Crippen molar-refractivity contribution >= 4 is 41.3 Å². The van der Waals surface area contributed by atoms with Crippen molar-refractivity contribution in [3.8, 4) is 0 Å². The highest BCUT2D eigenvalue weighted by molar-refractivity contribution is 6.01. The van der Waals surface area contributed by atoms with E-state index in [1.165, 1.54) is 12.5 Å². The fourth-order valence-electron chi connectivity index (χ4n) is 8.83. The summed E-state index contributed by atoms with van der Waals surface area (Å²) >= 11 is 0. The number of carbonyl (C=O) groups excluding carboxylic acids is 7. The number of Topliss-reactive ketones (excluding diaryl/α,β-unsaturated/α-hetero) is 1. The lowest BCUT2D eigenvalue weighted by atomic mass is 9.46. The molecule has 0 spiro atoms. The fraction of sp³-hybridized carbons (Fsp3) is 0.710. The van der Waals surface area contributed by atoms with Gasteiger partial charge >= 0.3 is 17.9 Å². The lowest BCUT2D eigenvalue weighted by Gasteiger charge is -2.59. The van der Waals surface area contributed by atoms with E-state index in [2.05, 4.69) is 6.92 Å². The Kier molecular flexibility index (Phi) is 7.91. The van der Waals surface area contributed by atoms with E-state index in [9.17, 15) is 33.6 Å². The smallest absolute Gasteiger partial charge is 0.333 e. The molecule has 3 saturated carbocycles. The van der Waals surface area contributed by atoms with Crippen LogP contribution < -0.4 is 0 Å². The second kappa shape index (κ2) is 11.0. The van der Waals surface area contributed by atoms with Crippen LogP contribution in [0.2, 0.25) is 0 Å². The first-order chi connectivity index (χ1) is 19.8. The topological polar surface area (TPSA) is 150 Å². The van der Waals surface area contributed by atoms with Gasteiger partial charge in [0.2, 0.25) is 5.78 Å². The predicted octanol–water partition coefficient (Wildman–Crippen LogP) is 3.32. The lowest BCUT2D eigenvalue weighted by Crippen LogP contribution is -2.59. The van der Waals surface area contributed by atoms with Crippen LogP contribution in [0.3, 0.4) is 0 Å². The Hall–Kier alpha value is -3.37. The zero-order chi connectivity index (χ0) is 30.4. The number of allylic oxidation sites excluding steroid dienone is 1. The summed E-state index contributed by atoms with van der Waals surface area (Å²) in [6, 6.07) is 0. The minimum atomic E-state index is -1.43. The number of hydrogen-bond acceptors (Lipinski definition) is 10. The van der Waals surface area contributed by atoms with E-state index >= 15 is 0 Å². The maximum atomic E-state index is 13.8. The summed E-state index contributed by atoms with van der Waals surface area (Å²) in [6.45, 7) is 4.98. The summed E-state index contributed by atoms with van der Waals surface area (Å²) in [6.07, 6.45) is 6.65. The summed E-state index contributed by atoms with van der Waals surface area (Å²) in [5.74, 6) is -3.01. The van der Waals surface area contributed by atoms with Gasteiger partial charge in [-0.05, 0) is 74.2 Å².